The summed E-state index contributed by atoms with van der Waals surface area (Å²) in [5.74, 6) is 1.04. The summed E-state index contributed by atoms with van der Waals surface area (Å²) in [7, 11) is 1.71. The van der Waals surface area contributed by atoms with Crippen LogP contribution in [0.15, 0.2) is 16.7 Å². The van der Waals surface area contributed by atoms with E-state index in [2.05, 4.69) is 10.2 Å². The lowest BCUT2D eigenvalue weighted by atomic mass is 10.2. The number of piperazine rings is 1. The van der Waals surface area contributed by atoms with Gasteiger partial charge in [-0.15, -0.1) is 0 Å². The summed E-state index contributed by atoms with van der Waals surface area (Å²) in [4.78, 5) is 2.40. The highest BCUT2D eigenvalue weighted by atomic mass is 16.5. The van der Waals surface area contributed by atoms with Crippen LogP contribution in [0.3, 0.4) is 0 Å². The van der Waals surface area contributed by atoms with Crippen molar-refractivity contribution >= 4 is 0 Å². The number of rotatable bonds is 4. The largest absolute Gasteiger partial charge is 0.468 e. The van der Waals surface area contributed by atoms with Gasteiger partial charge < -0.3 is 14.5 Å². The molecule has 0 aliphatic carbocycles. The molecular weight excluding hydrogens is 192 g/mol. The topological polar surface area (TPSA) is 37.6 Å². The van der Waals surface area contributed by atoms with Gasteiger partial charge >= 0.3 is 0 Å². The molecule has 1 aromatic heterocycles. The van der Waals surface area contributed by atoms with Crippen LogP contribution in [0.1, 0.15) is 11.3 Å². The molecule has 4 heteroatoms. The van der Waals surface area contributed by atoms with E-state index in [-0.39, 0.29) is 0 Å². The highest BCUT2D eigenvalue weighted by Crippen LogP contribution is 2.14. The van der Waals surface area contributed by atoms with Crippen molar-refractivity contribution in [2.75, 3.05) is 33.3 Å². The average molecular weight is 210 g/mol. The fourth-order valence-electron chi connectivity index (χ4n) is 1.86. The van der Waals surface area contributed by atoms with Gasteiger partial charge in [0.25, 0.3) is 0 Å². The first kappa shape index (κ1) is 10.7. The molecule has 1 N–H and O–H groups in total. The van der Waals surface area contributed by atoms with Gasteiger partial charge in [0, 0.05) is 38.9 Å². The molecule has 2 heterocycles. The van der Waals surface area contributed by atoms with Crippen molar-refractivity contribution in [3.05, 3.63) is 23.7 Å². The van der Waals surface area contributed by atoms with Gasteiger partial charge in [-0.25, -0.2) is 0 Å². The molecule has 0 spiro atoms. The van der Waals surface area contributed by atoms with Crippen LogP contribution >= 0.6 is 0 Å². The molecule has 1 saturated heterocycles. The molecule has 84 valence electrons. The third-order valence-corrected chi connectivity index (χ3v) is 2.71. The summed E-state index contributed by atoms with van der Waals surface area (Å²) in [6.45, 7) is 5.85. The number of hydrogen-bond acceptors (Lipinski definition) is 4. The predicted molar refractivity (Wildman–Crippen MR) is 57.6 cm³/mol. The maximum absolute atomic E-state index is 5.48. The van der Waals surface area contributed by atoms with Gasteiger partial charge in [-0.1, -0.05) is 0 Å². The smallest absolute Gasteiger partial charge is 0.123 e. The second-order valence-corrected chi connectivity index (χ2v) is 3.83. The van der Waals surface area contributed by atoms with Crippen LogP contribution in [-0.2, 0) is 17.9 Å². The van der Waals surface area contributed by atoms with Crippen LogP contribution < -0.4 is 5.32 Å². The summed E-state index contributed by atoms with van der Waals surface area (Å²) in [6.07, 6.45) is 1.74. The Morgan fingerprint density at radius 2 is 2.27 bits per heavy atom. The van der Waals surface area contributed by atoms with Crippen molar-refractivity contribution in [2.45, 2.75) is 13.2 Å². The quantitative estimate of drug-likeness (QED) is 0.799. The van der Waals surface area contributed by atoms with Gasteiger partial charge in [0.2, 0.25) is 0 Å². The Bertz CT molecular complexity index is 293. The number of ether oxygens (including phenoxy) is 1. The van der Waals surface area contributed by atoms with Crippen molar-refractivity contribution in [2.24, 2.45) is 0 Å². The Morgan fingerprint density at radius 1 is 1.47 bits per heavy atom. The molecule has 0 atom stereocenters. The van der Waals surface area contributed by atoms with Crippen LogP contribution in [0.2, 0.25) is 0 Å². The molecule has 1 aromatic rings. The van der Waals surface area contributed by atoms with E-state index in [1.807, 2.05) is 6.07 Å². The first-order chi connectivity index (χ1) is 7.40. The summed E-state index contributed by atoms with van der Waals surface area (Å²) in [5.41, 5.74) is 1.16. The minimum Gasteiger partial charge on any atom is -0.468 e. The number of nitrogens with zero attached hydrogens (tertiary/aromatic N) is 1. The number of hydrogen-bond donors (Lipinski definition) is 1. The SMILES string of the molecule is COCc1ccoc1CN1CCNCC1. The van der Waals surface area contributed by atoms with E-state index in [0.717, 1.165) is 44.0 Å². The van der Waals surface area contributed by atoms with E-state index in [1.54, 1.807) is 13.4 Å². The van der Waals surface area contributed by atoms with Crippen molar-refractivity contribution < 1.29 is 9.15 Å². The van der Waals surface area contributed by atoms with Gasteiger partial charge in [0.1, 0.15) is 5.76 Å². The second-order valence-electron chi connectivity index (χ2n) is 3.83. The zero-order valence-corrected chi connectivity index (χ0v) is 9.16. The fourth-order valence-corrected chi connectivity index (χ4v) is 1.86. The Labute approximate surface area is 90.2 Å². The molecule has 0 radical (unpaired) electrons. The molecular formula is C11H18N2O2. The number of methoxy groups -OCH3 is 1. The zero-order chi connectivity index (χ0) is 10.5. The summed E-state index contributed by atoms with van der Waals surface area (Å²) in [6, 6.07) is 1.99. The van der Waals surface area contributed by atoms with E-state index < -0.39 is 0 Å². The monoisotopic (exact) mass is 210 g/mol. The van der Waals surface area contributed by atoms with Crippen molar-refractivity contribution in [1.29, 1.82) is 0 Å². The standard InChI is InChI=1S/C11H18N2O2/c1-14-9-10-2-7-15-11(10)8-13-5-3-12-4-6-13/h2,7,12H,3-6,8-9H2,1H3. The van der Waals surface area contributed by atoms with Gasteiger partial charge in [0.15, 0.2) is 0 Å². The molecule has 15 heavy (non-hydrogen) atoms. The van der Waals surface area contributed by atoms with Crippen molar-refractivity contribution in [1.82, 2.24) is 10.2 Å². The maximum Gasteiger partial charge on any atom is 0.123 e. The van der Waals surface area contributed by atoms with Crippen LogP contribution in [0.5, 0.6) is 0 Å². The Balaban J connectivity index is 1.93. The summed E-state index contributed by atoms with van der Waals surface area (Å²) >= 11 is 0. The number of furan rings is 1. The number of nitrogens with one attached hydrogen (secondary N) is 1. The lowest BCUT2D eigenvalue weighted by Gasteiger charge is -2.26. The molecule has 0 unspecified atom stereocenters. The van der Waals surface area contributed by atoms with E-state index in [9.17, 15) is 0 Å². The molecule has 1 aliphatic rings. The molecule has 2 rings (SSSR count). The molecule has 0 amide bonds. The summed E-state index contributed by atoms with van der Waals surface area (Å²) in [5, 5.41) is 3.34. The summed E-state index contributed by atoms with van der Waals surface area (Å²) < 4.78 is 10.6. The van der Waals surface area contributed by atoms with Crippen LogP contribution in [0.4, 0.5) is 0 Å². The van der Waals surface area contributed by atoms with Gasteiger partial charge in [-0.05, 0) is 6.07 Å². The van der Waals surface area contributed by atoms with Gasteiger partial charge in [-0.3, -0.25) is 4.90 Å². The van der Waals surface area contributed by atoms with Gasteiger partial charge in [-0.2, -0.15) is 0 Å². The Hall–Kier alpha value is -0.840. The average Bonchev–Trinajstić information content (AvgIpc) is 2.68. The molecule has 1 fully saturated rings. The third-order valence-electron chi connectivity index (χ3n) is 2.71. The van der Waals surface area contributed by atoms with E-state index in [0.29, 0.717) is 6.61 Å². The highest BCUT2D eigenvalue weighted by molar-refractivity contribution is 5.16. The third kappa shape index (κ3) is 2.81. The predicted octanol–water partition coefficient (Wildman–Crippen LogP) is 0.831. The van der Waals surface area contributed by atoms with Gasteiger partial charge in [0.05, 0.1) is 19.4 Å². The minimum atomic E-state index is 0.637. The van der Waals surface area contributed by atoms with E-state index in [1.165, 1.54) is 0 Å². The van der Waals surface area contributed by atoms with E-state index in [4.69, 9.17) is 9.15 Å². The van der Waals surface area contributed by atoms with Crippen molar-refractivity contribution in [3.63, 3.8) is 0 Å². The molecule has 0 aromatic carbocycles. The van der Waals surface area contributed by atoms with Crippen LogP contribution in [-0.4, -0.2) is 38.2 Å². The lowest BCUT2D eigenvalue weighted by molar-refractivity contribution is 0.176. The second kappa shape index (κ2) is 5.30. The molecule has 0 saturated carbocycles. The van der Waals surface area contributed by atoms with Crippen LogP contribution in [0.25, 0.3) is 0 Å². The lowest BCUT2D eigenvalue weighted by Crippen LogP contribution is -2.42. The molecule has 4 nitrogen and oxygen atoms in total. The zero-order valence-electron chi connectivity index (χ0n) is 9.16. The normalized spacial score (nSPS) is 18.2. The first-order valence-electron chi connectivity index (χ1n) is 5.37. The fraction of sp³-hybridized carbons (Fsp3) is 0.636. The Morgan fingerprint density at radius 3 is 3.00 bits per heavy atom. The highest BCUT2D eigenvalue weighted by Gasteiger charge is 2.14. The minimum absolute atomic E-state index is 0.637. The van der Waals surface area contributed by atoms with Crippen LogP contribution in [0, 0.1) is 0 Å². The maximum atomic E-state index is 5.48. The molecule has 0 bridgehead atoms. The Kier molecular flexibility index (Phi) is 3.77. The van der Waals surface area contributed by atoms with Crippen molar-refractivity contribution in [3.8, 4) is 0 Å². The molecule has 1 aliphatic heterocycles. The van der Waals surface area contributed by atoms with E-state index >= 15 is 0 Å². The first-order valence-corrected chi connectivity index (χ1v) is 5.37.